The Bertz CT molecular complexity index is 573. The van der Waals surface area contributed by atoms with Gasteiger partial charge in [0.1, 0.15) is 0 Å². The van der Waals surface area contributed by atoms with Crippen molar-refractivity contribution in [2.24, 2.45) is 4.99 Å². The molecule has 0 amide bonds. The highest BCUT2D eigenvalue weighted by atomic mass is 32.1. The molecule has 2 fully saturated rings. The first kappa shape index (κ1) is 20.6. The van der Waals surface area contributed by atoms with Gasteiger partial charge in [0.05, 0.1) is 31.4 Å². The third-order valence-corrected chi connectivity index (χ3v) is 6.36. The lowest BCUT2D eigenvalue weighted by Crippen LogP contribution is -2.46. The number of guanidine groups is 1. The van der Waals surface area contributed by atoms with Gasteiger partial charge in [-0.2, -0.15) is 0 Å². The molecular formula is C20H34N4O2S. The van der Waals surface area contributed by atoms with Crippen molar-refractivity contribution in [3.05, 3.63) is 22.4 Å². The zero-order valence-corrected chi connectivity index (χ0v) is 17.4. The van der Waals surface area contributed by atoms with Gasteiger partial charge in [0.2, 0.25) is 0 Å². The predicted octanol–water partition coefficient (Wildman–Crippen LogP) is 2.37. The van der Waals surface area contributed by atoms with Gasteiger partial charge >= 0.3 is 0 Å². The zero-order chi connectivity index (χ0) is 19.1. The van der Waals surface area contributed by atoms with E-state index in [4.69, 9.17) is 9.73 Å². The van der Waals surface area contributed by atoms with Crippen LogP contribution in [-0.4, -0.2) is 67.0 Å². The van der Waals surface area contributed by atoms with Crippen LogP contribution >= 0.6 is 11.3 Å². The second-order valence-corrected chi connectivity index (χ2v) is 8.56. The molecule has 2 aliphatic rings. The molecule has 2 unspecified atom stereocenters. The largest absolute Gasteiger partial charge is 0.393 e. The fraction of sp³-hybridized carbons (Fsp3) is 0.750. The number of nitrogens with one attached hydrogen (secondary N) is 2. The van der Waals surface area contributed by atoms with E-state index in [1.165, 1.54) is 4.88 Å². The Hall–Kier alpha value is -1.15. The van der Waals surface area contributed by atoms with Gasteiger partial charge < -0.3 is 20.5 Å². The van der Waals surface area contributed by atoms with E-state index in [-0.39, 0.29) is 12.2 Å². The first-order chi connectivity index (χ1) is 13.2. The summed E-state index contributed by atoms with van der Waals surface area (Å²) in [5, 5.41) is 18.8. The van der Waals surface area contributed by atoms with E-state index in [9.17, 15) is 5.11 Å². The van der Waals surface area contributed by atoms with Crippen LogP contribution in [-0.2, 0) is 4.74 Å². The maximum atomic E-state index is 9.72. The second kappa shape index (κ2) is 10.4. The summed E-state index contributed by atoms with van der Waals surface area (Å²) in [6, 6.07) is 5.03. The monoisotopic (exact) mass is 394 g/mol. The number of thiophene rings is 1. The third-order valence-electron chi connectivity index (χ3n) is 5.39. The van der Waals surface area contributed by atoms with Gasteiger partial charge in [-0.05, 0) is 51.0 Å². The molecular weight excluding hydrogens is 360 g/mol. The summed E-state index contributed by atoms with van der Waals surface area (Å²) in [6.07, 6.45) is 3.89. The van der Waals surface area contributed by atoms with Gasteiger partial charge in [0, 0.05) is 30.6 Å². The molecule has 0 bridgehead atoms. The lowest BCUT2D eigenvalue weighted by molar-refractivity contribution is -0.0327. The lowest BCUT2D eigenvalue weighted by atomic mass is 9.93. The van der Waals surface area contributed by atoms with E-state index in [0.717, 1.165) is 64.4 Å². The van der Waals surface area contributed by atoms with Crippen molar-refractivity contribution in [2.45, 2.75) is 63.8 Å². The van der Waals surface area contributed by atoms with Crippen molar-refractivity contribution >= 4 is 17.3 Å². The summed E-state index contributed by atoms with van der Waals surface area (Å²) in [4.78, 5) is 8.81. The zero-order valence-electron chi connectivity index (χ0n) is 16.6. The first-order valence-electron chi connectivity index (χ1n) is 10.3. The van der Waals surface area contributed by atoms with Crippen LogP contribution in [0.4, 0.5) is 0 Å². The van der Waals surface area contributed by atoms with Gasteiger partial charge in [-0.1, -0.05) is 6.07 Å². The molecule has 1 aromatic heterocycles. The van der Waals surface area contributed by atoms with Crippen molar-refractivity contribution in [3.63, 3.8) is 0 Å². The van der Waals surface area contributed by atoms with Crippen LogP contribution in [0.2, 0.25) is 0 Å². The number of nitrogens with zero attached hydrogens (tertiary/aromatic N) is 2. The summed E-state index contributed by atoms with van der Waals surface area (Å²) in [7, 11) is 0. The highest BCUT2D eigenvalue weighted by Gasteiger charge is 2.26. The summed E-state index contributed by atoms with van der Waals surface area (Å²) in [5.41, 5.74) is 0. The highest BCUT2D eigenvalue weighted by molar-refractivity contribution is 7.10. The molecule has 27 heavy (non-hydrogen) atoms. The Balaban J connectivity index is 1.66. The van der Waals surface area contributed by atoms with Crippen molar-refractivity contribution in [3.8, 4) is 0 Å². The third kappa shape index (κ3) is 6.17. The SMILES string of the molecule is CCNC(=NCC(c1cccs1)N1CCOC(C)C1)NC1CCC(O)CC1. The van der Waals surface area contributed by atoms with E-state index in [2.05, 4.69) is 46.9 Å². The molecule has 0 radical (unpaired) electrons. The minimum atomic E-state index is -0.130. The van der Waals surface area contributed by atoms with Crippen molar-refractivity contribution < 1.29 is 9.84 Å². The molecule has 1 aliphatic carbocycles. The number of rotatable bonds is 6. The average molecular weight is 395 g/mol. The van der Waals surface area contributed by atoms with E-state index in [0.29, 0.717) is 12.1 Å². The number of aliphatic imine (C=N–C) groups is 1. The molecule has 1 aromatic rings. The number of morpholine rings is 1. The minimum absolute atomic E-state index is 0.130. The Kier molecular flexibility index (Phi) is 7.93. The molecule has 6 nitrogen and oxygen atoms in total. The summed E-state index contributed by atoms with van der Waals surface area (Å²) >= 11 is 1.81. The van der Waals surface area contributed by atoms with Gasteiger partial charge in [-0.25, -0.2) is 0 Å². The summed E-state index contributed by atoms with van der Waals surface area (Å²) in [5.74, 6) is 0.891. The average Bonchev–Trinajstić information content (AvgIpc) is 3.18. The van der Waals surface area contributed by atoms with Gasteiger partial charge in [-0.3, -0.25) is 9.89 Å². The number of aliphatic hydroxyl groups excluding tert-OH is 1. The Morgan fingerprint density at radius 2 is 2.22 bits per heavy atom. The second-order valence-electron chi connectivity index (χ2n) is 7.58. The fourth-order valence-electron chi connectivity index (χ4n) is 3.91. The molecule has 2 atom stereocenters. The first-order valence-corrected chi connectivity index (χ1v) is 11.2. The summed E-state index contributed by atoms with van der Waals surface area (Å²) < 4.78 is 5.73. The van der Waals surface area contributed by atoms with Crippen LogP contribution in [0.15, 0.2) is 22.5 Å². The van der Waals surface area contributed by atoms with Gasteiger partial charge in [-0.15, -0.1) is 11.3 Å². The Labute approximate surface area is 167 Å². The molecule has 3 rings (SSSR count). The molecule has 0 spiro atoms. The van der Waals surface area contributed by atoms with E-state index in [1.807, 2.05) is 0 Å². The number of ether oxygens (including phenoxy) is 1. The van der Waals surface area contributed by atoms with Crippen LogP contribution in [0.5, 0.6) is 0 Å². The highest BCUT2D eigenvalue weighted by Crippen LogP contribution is 2.27. The molecule has 152 valence electrons. The van der Waals surface area contributed by atoms with E-state index < -0.39 is 0 Å². The van der Waals surface area contributed by atoms with Gasteiger partial charge in [0.15, 0.2) is 5.96 Å². The number of hydrogen-bond donors (Lipinski definition) is 3. The molecule has 0 aromatic carbocycles. The number of hydrogen-bond acceptors (Lipinski definition) is 5. The van der Waals surface area contributed by atoms with Crippen LogP contribution in [0.3, 0.4) is 0 Å². The lowest BCUT2D eigenvalue weighted by Gasteiger charge is -2.36. The van der Waals surface area contributed by atoms with E-state index in [1.54, 1.807) is 11.3 Å². The number of aliphatic hydroxyl groups is 1. The van der Waals surface area contributed by atoms with Crippen molar-refractivity contribution in [2.75, 3.05) is 32.8 Å². The Morgan fingerprint density at radius 1 is 1.41 bits per heavy atom. The van der Waals surface area contributed by atoms with Crippen molar-refractivity contribution in [1.82, 2.24) is 15.5 Å². The van der Waals surface area contributed by atoms with Crippen LogP contribution < -0.4 is 10.6 Å². The van der Waals surface area contributed by atoms with Crippen molar-refractivity contribution in [1.29, 1.82) is 0 Å². The van der Waals surface area contributed by atoms with Crippen LogP contribution in [0.25, 0.3) is 0 Å². The maximum Gasteiger partial charge on any atom is 0.191 e. The smallest absolute Gasteiger partial charge is 0.191 e. The molecule has 1 saturated carbocycles. The fourth-order valence-corrected chi connectivity index (χ4v) is 4.76. The maximum absolute atomic E-state index is 9.72. The van der Waals surface area contributed by atoms with Crippen LogP contribution in [0.1, 0.15) is 50.4 Å². The Morgan fingerprint density at radius 3 is 2.89 bits per heavy atom. The minimum Gasteiger partial charge on any atom is -0.393 e. The summed E-state index contributed by atoms with van der Waals surface area (Å²) in [6.45, 7) is 8.51. The molecule has 1 aliphatic heterocycles. The molecule has 3 N–H and O–H groups in total. The molecule has 7 heteroatoms. The molecule has 2 heterocycles. The molecule has 1 saturated heterocycles. The normalized spacial score (nSPS) is 28.7. The quantitative estimate of drug-likeness (QED) is 0.510. The van der Waals surface area contributed by atoms with E-state index >= 15 is 0 Å². The van der Waals surface area contributed by atoms with Crippen LogP contribution in [0, 0.1) is 0 Å². The topological polar surface area (TPSA) is 69.1 Å². The predicted molar refractivity (Wildman–Crippen MR) is 111 cm³/mol. The standard InChI is InChI=1S/C20H34N4O2S/c1-3-21-20(23-16-6-8-17(25)9-7-16)22-13-18(19-5-4-12-27-19)24-10-11-26-15(2)14-24/h4-5,12,15-18,25H,3,6-11,13-14H2,1-2H3,(H2,21,22,23). The van der Waals surface area contributed by atoms with Gasteiger partial charge in [0.25, 0.3) is 0 Å².